The number of carbonyl (C=O) groups excluding carboxylic acids is 1. The minimum atomic E-state index is 0.383. The Morgan fingerprint density at radius 1 is 1.29 bits per heavy atom. The van der Waals surface area contributed by atoms with Gasteiger partial charge in [0.2, 0.25) is 0 Å². The van der Waals surface area contributed by atoms with Crippen molar-refractivity contribution in [2.45, 2.75) is 16.6 Å². The summed E-state index contributed by atoms with van der Waals surface area (Å²) in [7, 11) is 1.60. The van der Waals surface area contributed by atoms with E-state index in [1.54, 1.807) is 25.3 Å². The van der Waals surface area contributed by atoms with E-state index in [-0.39, 0.29) is 0 Å². The third kappa shape index (κ3) is 3.05. The second-order valence-corrected chi connectivity index (χ2v) is 6.23. The van der Waals surface area contributed by atoms with Crippen LogP contribution in [0.4, 0.5) is 0 Å². The zero-order chi connectivity index (χ0) is 14.7. The fourth-order valence-electron chi connectivity index (χ4n) is 2.39. The molecule has 2 aromatic rings. The van der Waals surface area contributed by atoms with Crippen molar-refractivity contribution in [1.29, 1.82) is 0 Å². The molecule has 1 heterocycles. The Balaban J connectivity index is 1.67. The average Bonchev–Trinajstić information content (AvgIpc) is 2.95. The number of thioether (sulfide) groups is 1. The molecule has 0 aromatic heterocycles. The van der Waals surface area contributed by atoms with Gasteiger partial charge in [-0.15, -0.1) is 11.8 Å². The molecule has 3 rings (SSSR count). The van der Waals surface area contributed by atoms with Crippen molar-refractivity contribution in [3.8, 4) is 11.5 Å². The highest BCUT2D eigenvalue weighted by molar-refractivity contribution is 8.00. The maximum absolute atomic E-state index is 11.1. The summed E-state index contributed by atoms with van der Waals surface area (Å²) < 4.78 is 11.0. The second kappa shape index (κ2) is 6.22. The van der Waals surface area contributed by atoms with Crippen molar-refractivity contribution in [2.75, 3.05) is 13.7 Å². The summed E-state index contributed by atoms with van der Waals surface area (Å²) >= 11 is 1.83. The number of rotatable bonds is 5. The highest BCUT2D eigenvalue weighted by Crippen LogP contribution is 2.37. The molecule has 1 aliphatic rings. The number of methoxy groups -OCH3 is 1. The van der Waals surface area contributed by atoms with Crippen LogP contribution >= 0.6 is 11.8 Å². The zero-order valence-electron chi connectivity index (χ0n) is 11.7. The first-order valence-electron chi connectivity index (χ1n) is 6.80. The predicted molar refractivity (Wildman–Crippen MR) is 83.7 cm³/mol. The molecule has 3 nitrogen and oxygen atoms in total. The van der Waals surface area contributed by atoms with Gasteiger partial charge in [-0.2, -0.15) is 0 Å². The number of hydrogen-bond donors (Lipinski definition) is 0. The SMILES string of the molecule is COc1ccc(C=O)c(OCC2Cc3ccccc3S2)c1. The number of hydrogen-bond acceptors (Lipinski definition) is 4. The lowest BCUT2D eigenvalue weighted by molar-refractivity contribution is 0.111. The van der Waals surface area contributed by atoms with Gasteiger partial charge in [0, 0.05) is 16.2 Å². The van der Waals surface area contributed by atoms with Gasteiger partial charge in [-0.1, -0.05) is 18.2 Å². The molecule has 108 valence electrons. The zero-order valence-corrected chi connectivity index (χ0v) is 12.6. The lowest BCUT2D eigenvalue weighted by atomic mass is 10.1. The molecule has 0 bridgehead atoms. The number of benzene rings is 2. The van der Waals surface area contributed by atoms with E-state index in [0.717, 1.165) is 12.7 Å². The molecule has 0 amide bonds. The van der Waals surface area contributed by atoms with E-state index in [0.29, 0.717) is 28.9 Å². The predicted octanol–water partition coefficient (Wildman–Crippen LogP) is 3.60. The first-order valence-corrected chi connectivity index (χ1v) is 7.68. The van der Waals surface area contributed by atoms with Crippen molar-refractivity contribution in [3.63, 3.8) is 0 Å². The highest BCUT2D eigenvalue weighted by Gasteiger charge is 2.22. The minimum Gasteiger partial charge on any atom is -0.497 e. The van der Waals surface area contributed by atoms with Crippen molar-refractivity contribution in [1.82, 2.24) is 0 Å². The average molecular weight is 300 g/mol. The monoisotopic (exact) mass is 300 g/mol. The van der Waals surface area contributed by atoms with E-state index in [9.17, 15) is 4.79 Å². The van der Waals surface area contributed by atoms with Gasteiger partial charge in [-0.25, -0.2) is 0 Å². The maximum atomic E-state index is 11.1. The molecule has 4 heteroatoms. The van der Waals surface area contributed by atoms with Crippen LogP contribution in [0.5, 0.6) is 11.5 Å². The third-order valence-electron chi connectivity index (χ3n) is 3.49. The van der Waals surface area contributed by atoms with E-state index in [2.05, 4.69) is 24.3 Å². The van der Waals surface area contributed by atoms with Gasteiger partial charge in [0.25, 0.3) is 0 Å². The number of fused-ring (bicyclic) bond motifs is 1. The second-order valence-electron chi connectivity index (χ2n) is 4.88. The van der Waals surface area contributed by atoms with Gasteiger partial charge in [-0.3, -0.25) is 4.79 Å². The third-order valence-corrected chi connectivity index (χ3v) is 4.77. The van der Waals surface area contributed by atoms with Gasteiger partial charge in [-0.05, 0) is 30.2 Å². The van der Waals surface area contributed by atoms with E-state index in [4.69, 9.17) is 9.47 Å². The highest BCUT2D eigenvalue weighted by atomic mass is 32.2. The summed E-state index contributed by atoms with van der Waals surface area (Å²) in [5, 5.41) is 0.383. The quantitative estimate of drug-likeness (QED) is 0.790. The summed E-state index contributed by atoms with van der Waals surface area (Å²) in [6.07, 6.45) is 1.81. The van der Waals surface area contributed by atoms with E-state index < -0.39 is 0 Å². The van der Waals surface area contributed by atoms with Crippen molar-refractivity contribution in [3.05, 3.63) is 53.6 Å². The lowest BCUT2D eigenvalue weighted by Crippen LogP contribution is -2.14. The fourth-order valence-corrected chi connectivity index (χ4v) is 3.61. The Hall–Kier alpha value is -1.94. The summed E-state index contributed by atoms with van der Waals surface area (Å²) in [5.41, 5.74) is 1.92. The van der Waals surface area contributed by atoms with Gasteiger partial charge >= 0.3 is 0 Å². The van der Waals surface area contributed by atoms with E-state index >= 15 is 0 Å². The number of ether oxygens (including phenoxy) is 2. The van der Waals surface area contributed by atoms with Gasteiger partial charge < -0.3 is 9.47 Å². The summed E-state index contributed by atoms with van der Waals surface area (Å²) in [5.74, 6) is 1.28. The molecule has 2 aromatic carbocycles. The topological polar surface area (TPSA) is 35.5 Å². The maximum Gasteiger partial charge on any atom is 0.153 e. The molecule has 0 N–H and O–H groups in total. The Morgan fingerprint density at radius 2 is 2.14 bits per heavy atom. The normalized spacial score (nSPS) is 16.3. The van der Waals surface area contributed by atoms with Gasteiger partial charge in [0.1, 0.15) is 18.1 Å². The molecule has 0 aliphatic carbocycles. The first kappa shape index (κ1) is 14.0. The van der Waals surface area contributed by atoms with Crippen molar-refractivity contribution >= 4 is 18.0 Å². The van der Waals surface area contributed by atoms with Gasteiger partial charge in [0.05, 0.1) is 12.7 Å². The van der Waals surface area contributed by atoms with Gasteiger partial charge in [0.15, 0.2) is 6.29 Å². The Morgan fingerprint density at radius 3 is 2.90 bits per heavy atom. The van der Waals surface area contributed by atoms with Crippen LogP contribution in [0.2, 0.25) is 0 Å². The molecule has 0 spiro atoms. The van der Waals surface area contributed by atoms with Crippen LogP contribution in [0.15, 0.2) is 47.4 Å². The Kier molecular flexibility index (Phi) is 4.15. The first-order chi connectivity index (χ1) is 10.3. The molecule has 21 heavy (non-hydrogen) atoms. The molecule has 0 fully saturated rings. The molecule has 0 saturated carbocycles. The van der Waals surface area contributed by atoms with Crippen LogP contribution in [0, 0.1) is 0 Å². The van der Waals surface area contributed by atoms with Crippen LogP contribution in [-0.4, -0.2) is 25.3 Å². The summed E-state index contributed by atoms with van der Waals surface area (Å²) in [6, 6.07) is 13.7. The van der Waals surface area contributed by atoms with Crippen LogP contribution in [-0.2, 0) is 6.42 Å². The van der Waals surface area contributed by atoms with Crippen LogP contribution in [0.3, 0.4) is 0 Å². The molecule has 1 unspecified atom stereocenters. The lowest BCUT2D eigenvalue weighted by Gasteiger charge is -2.13. The standard InChI is InChI=1S/C17H16O3S/c1-19-14-7-6-13(10-18)16(9-14)20-11-15-8-12-4-2-3-5-17(12)21-15/h2-7,9-10,15H,8,11H2,1H3. The smallest absolute Gasteiger partial charge is 0.153 e. The summed E-state index contributed by atoms with van der Waals surface area (Å²) in [6.45, 7) is 0.577. The molecule has 0 saturated heterocycles. The molecular formula is C17H16O3S. The van der Waals surface area contributed by atoms with Crippen LogP contribution in [0.1, 0.15) is 15.9 Å². The fraction of sp³-hybridized carbons (Fsp3) is 0.235. The van der Waals surface area contributed by atoms with Crippen molar-refractivity contribution in [2.24, 2.45) is 0 Å². The Bertz CT molecular complexity index is 629. The minimum absolute atomic E-state index is 0.383. The molecular weight excluding hydrogens is 284 g/mol. The Labute approximate surface area is 128 Å². The molecule has 0 radical (unpaired) electrons. The van der Waals surface area contributed by atoms with Crippen LogP contribution in [0.25, 0.3) is 0 Å². The largest absolute Gasteiger partial charge is 0.497 e. The van der Waals surface area contributed by atoms with Crippen molar-refractivity contribution < 1.29 is 14.3 Å². The molecule has 1 atom stereocenters. The number of aldehydes is 1. The van der Waals surface area contributed by atoms with E-state index in [1.165, 1.54) is 10.5 Å². The molecule has 1 aliphatic heterocycles. The number of carbonyl (C=O) groups is 1. The van der Waals surface area contributed by atoms with E-state index in [1.807, 2.05) is 11.8 Å². The van der Waals surface area contributed by atoms with Crippen LogP contribution < -0.4 is 9.47 Å². The summed E-state index contributed by atoms with van der Waals surface area (Å²) in [4.78, 5) is 12.4.